The molecular weight excluding hydrogens is 392 g/mol. The van der Waals surface area contributed by atoms with Crippen molar-refractivity contribution in [2.75, 3.05) is 31.1 Å². The molecule has 1 fully saturated rings. The molecule has 1 aromatic carbocycles. The largest absolute Gasteiger partial charge is 0.481 e. The predicted octanol–water partition coefficient (Wildman–Crippen LogP) is 2.43. The molecule has 3 heterocycles. The molecule has 1 aliphatic rings. The van der Waals surface area contributed by atoms with Crippen molar-refractivity contribution in [1.29, 1.82) is 0 Å². The second-order valence-corrected chi connectivity index (χ2v) is 7.19. The first-order valence-corrected chi connectivity index (χ1v) is 9.76. The van der Waals surface area contributed by atoms with Gasteiger partial charge in [0.25, 0.3) is 5.91 Å². The summed E-state index contributed by atoms with van der Waals surface area (Å²) in [4.78, 5) is 20.7. The lowest BCUT2D eigenvalue weighted by molar-refractivity contribution is -0.138. The fourth-order valence-corrected chi connectivity index (χ4v) is 3.41. The number of nitrogens with zero attached hydrogens (tertiary/aromatic N) is 6. The molecule has 1 amide bonds. The Morgan fingerprint density at radius 3 is 2.52 bits per heavy atom. The number of hydrogen-bond donors (Lipinski definition) is 0. The second-order valence-electron chi connectivity index (χ2n) is 6.75. The van der Waals surface area contributed by atoms with Crippen LogP contribution in [0.5, 0.6) is 5.75 Å². The van der Waals surface area contributed by atoms with Gasteiger partial charge in [0, 0.05) is 43.6 Å². The highest BCUT2D eigenvalue weighted by Gasteiger charge is 2.26. The van der Waals surface area contributed by atoms with Crippen molar-refractivity contribution >= 4 is 23.3 Å². The smallest absolute Gasteiger partial charge is 0.263 e. The molecule has 0 N–H and O–H groups in total. The maximum atomic E-state index is 12.7. The molecule has 150 valence electrons. The van der Waals surface area contributed by atoms with Crippen molar-refractivity contribution in [3.63, 3.8) is 0 Å². The normalized spacial score (nSPS) is 15.2. The number of piperazine rings is 1. The maximum Gasteiger partial charge on any atom is 0.263 e. The molecule has 8 nitrogen and oxygen atoms in total. The van der Waals surface area contributed by atoms with Crippen molar-refractivity contribution in [3.8, 4) is 11.6 Å². The fraction of sp³-hybridized carbons (Fsp3) is 0.300. The van der Waals surface area contributed by atoms with Gasteiger partial charge in [0.2, 0.25) is 0 Å². The molecule has 1 saturated heterocycles. The van der Waals surface area contributed by atoms with Gasteiger partial charge < -0.3 is 14.5 Å². The van der Waals surface area contributed by atoms with Gasteiger partial charge in [-0.3, -0.25) is 9.36 Å². The second kappa shape index (κ2) is 8.48. The summed E-state index contributed by atoms with van der Waals surface area (Å²) in [5.74, 6) is 2.06. The van der Waals surface area contributed by atoms with Crippen LogP contribution in [0.15, 0.2) is 55.1 Å². The van der Waals surface area contributed by atoms with E-state index in [2.05, 4.69) is 20.1 Å². The van der Waals surface area contributed by atoms with E-state index in [-0.39, 0.29) is 5.91 Å². The molecule has 1 aliphatic heterocycles. The summed E-state index contributed by atoms with van der Waals surface area (Å²) in [6, 6.07) is 10.9. The lowest BCUT2D eigenvalue weighted by atomic mass is 10.2. The third-order valence-electron chi connectivity index (χ3n) is 4.78. The van der Waals surface area contributed by atoms with E-state index in [0.717, 1.165) is 5.82 Å². The molecule has 1 atom stereocenters. The Kier molecular flexibility index (Phi) is 5.62. The van der Waals surface area contributed by atoms with E-state index in [1.807, 2.05) is 23.2 Å². The van der Waals surface area contributed by atoms with Crippen LogP contribution in [-0.4, -0.2) is 62.8 Å². The van der Waals surface area contributed by atoms with Crippen LogP contribution in [0, 0.1) is 0 Å². The first kappa shape index (κ1) is 19.2. The Morgan fingerprint density at radius 1 is 1.10 bits per heavy atom. The number of aromatic nitrogens is 4. The van der Waals surface area contributed by atoms with Crippen LogP contribution in [0.25, 0.3) is 5.82 Å². The van der Waals surface area contributed by atoms with Crippen LogP contribution < -0.4 is 9.64 Å². The van der Waals surface area contributed by atoms with Crippen LogP contribution in [-0.2, 0) is 4.79 Å². The molecule has 4 rings (SSSR count). The summed E-state index contributed by atoms with van der Waals surface area (Å²) >= 11 is 5.97. The molecule has 3 aromatic rings. The Morgan fingerprint density at radius 2 is 1.86 bits per heavy atom. The van der Waals surface area contributed by atoms with Gasteiger partial charge in [-0.05, 0) is 37.3 Å². The molecule has 9 heteroatoms. The highest BCUT2D eigenvalue weighted by molar-refractivity contribution is 6.30. The number of benzene rings is 1. The van der Waals surface area contributed by atoms with E-state index in [4.69, 9.17) is 16.3 Å². The minimum atomic E-state index is -0.575. The van der Waals surface area contributed by atoms with E-state index in [1.54, 1.807) is 48.3 Å². The molecule has 0 radical (unpaired) electrons. The average molecular weight is 413 g/mol. The van der Waals surface area contributed by atoms with Gasteiger partial charge in [-0.1, -0.05) is 17.7 Å². The zero-order valence-electron chi connectivity index (χ0n) is 16.0. The molecule has 0 saturated carbocycles. The van der Waals surface area contributed by atoms with Gasteiger partial charge in [-0.2, -0.15) is 0 Å². The van der Waals surface area contributed by atoms with Crippen molar-refractivity contribution in [2.45, 2.75) is 13.0 Å². The number of imidazole rings is 1. The monoisotopic (exact) mass is 412 g/mol. The standard InChI is InChI=1S/C20H21ClN6O2/c1-15(29-17-4-2-3-16(21)13-17)20(28)26-11-9-25(10-12-26)18-5-6-19(24-23-18)27-8-7-22-14-27/h2-8,13-15H,9-12H2,1H3. The summed E-state index contributed by atoms with van der Waals surface area (Å²) in [6.45, 7) is 4.35. The number of carbonyl (C=O) groups excluding carboxylic acids is 1. The highest BCUT2D eigenvalue weighted by atomic mass is 35.5. The first-order valence-electron chi connectivity index (χ1n) is 9.38. The fourth-order valence-electron chi connectivity index (χ4n) is 3.23. The molecule has 0 aliphatic carbocycles. The van der Waals surface area contributed by atoms with Gasteiger partial charge in [-0.25, -0.2) is 4.98 Å². The Balaban J connectivity index is 1.32. The molecule has 1 unspecified atom stereocenters. The molecule has 29 heavy (non-hydrogen) atoms. The van der Waals surface area contributed by atoms with E-state index < -0.39 is 6.10 Å². The van der Waals surface area contributed by atoms with Crippen LogP contribution in [0.4, 0.5) is 5.82 Å². The van der Waals surface area contributed by atoms with E-state index >= 15 is 0 Å². The van der Waals surface area contributed by atoms with Crippen LogP contribution in [0.2, 0.25) is 5.02 Å². The zero-order valence-corrected chi connectivity index (χ0v) is 16.7. The number of amides is 1. The Labute approximate surface area is 173 Å². The SMILES string of the molecule is CC(Oc1cccc(Cl)c1)C(=O)N1CCN(c2ccc(-n3ccnc3)nn2)CC1. The quantitative estimate of drug-likeness (QED) is 0.640. The number of halogens is 1. The van der Waals surface area contributed by atoms with E-state index in [0.29, 0.717) is 42.8 Å². The van der Waals surface area contributed by atoms with Crippen molar-refractivity contribution in [1.82, 2.24) is 24.6 Å². The van der Waals surface area contributed by atoms with Crippen LogP contribution in [0.3, 0.4) is 0 Å². The average Bonchev–Trinajstić information content (AvgIpc) is 3.28. The third-order valence-corrected chi connectivity index (χ3v) is 5.01. The van der Waals surface area contributed by atoms with Gasteiger partial charge in [0.15, 0.2) is 17.7 Å². The summed E-state index contributed by atoms with van der Waals surface area (Å²) in [5.41, 5.74) is 0. The lowest BCUT2D eigenvalue weighted by Gasteiger charge is -2.36. The van der Waals surface area contributed by atoms with Gasteiger partial charge >= 0.3 is 0 Å². The predicted molar refractivity (Wildman–Crippen MR) is 109 cm³/mol. The molecule has 0 bridgehead atoms. The summed E-state index contributed by atoms with van der Waals surface area (Å²) in [7, 11) is 0. The zero-order chi connectivity index (χ0) is 20.2. The van der Waals surface area contributed by atoms with Gasteiger partial charge in [0.1, 0.15) is 12.1 Å². The summed E-state index contributed by atoms with van der Waals surface area (Å²) < 4.78 is 7.55. The lowest BCUT2D eigenvalue weighted by Crippen LogP contribution is -2.52. The van der Waals surface area contributed by atoms with Crippen molar-refractivity contribution in [2.24, 2.45) is 0 Å². The molecule has 2 aromatic heterocycles. The number of ether oxygens (including phenoxy) is 1. The minimum Gasteiger partial charge on any atom is -0.481 e. The molecular formula is C20H21ClN6O2. The number of carbonyl (C=O) groups is 1. The Bertz CT molecular complexity index is 955. The number of hydrogen-bond acceptors (Lipinski definition) is 6. The van der Waals surface area contributed by atoms with Gasteiger partial charge in [0.05, 0.1) is 0 Å². The van der Waals surface area contributed by atoms with Crippen LogP contribution in [0.1, 0.15) is 6.92 Å². The van der Waals surface area contributed by atoms with Crippen molar-refractivity contribution < 1.29 is 9.53 Å². The van der Waals surface area contributed by atoms with Gasteiger partial charge in [-0.15, -0.1) is 10.2 Å². The number of rotatable bonds is 5. The van der Waals surface area contributed by atoms with E-state index in [9.17, 15) is 4.79 Å². The number of anilines is 1. The third kappa shape index (κ3) is 4.48. The highest BCUT2D eigenvalue weighted by Crippen LogP contribution is 2.20. The topological polar surface area (TPSA) is 76.4 Å². The minimum absolute atomic E-state index is 0.0360. The van der Waals surface area contributed by atoms with E-state index in [1.165, 1.54) is 0 Å². The molecule has 0 spiro atoms. The summed E-state index contributed by atoms with van der Waals surface area (Å²) in [6.07, 6.45) is 4.62. The Hall–Kier alpha value is -3.13. The summed E-state index contributed by atoms with van der Waals surface area (Å²) in [5, 5.41) is 9.15. The van der Waals surface area contributed by atoms with Crippen LogP contribution >= 0.6 is 11.6 Å². The maximum absolute atomic E-state index is 12.7. The first-order chi connectivity index (χ1) is 14.1. The van der Waals surface area contributed by atoms with Crippen molar-refractivity contribution in [3.05, 3.63) is 60.1 Å².